The molecule has 5 nitrogen and oxygen atoms in total. The number of thiol groups is 1. The van der Waals surface area contributed by atoms with Gasteiger partial charge >= 0.3 is 0 Å². The summed E-state index contributed by atoms with van der Waals surface area (Å²) in [6.07, 6.45) is 0. The quantitative estimate of drug-likeness (QED) is 0.780. The Bertz CT molecular complexity index is 527. The largest absolute Gasteiger partial charge is 0.351 e. The van der Waals surface area contributed by atoms with E-state index in [0.717, 1.165) is 4.31 Å². The number of rotatable bonds is 5. The molecule has 1 rings (SSSR count). The van der Waals surface area contributed by atoms with Crippen LogP contribution in [0.3, 0.4) is 0 Å². The average molecular weight is 288 g/mol. The lowest BCUT2D eigenvalue weighted by molar-refractivity contribution is 0.0956. The molecule has 0 aliphatic rings. The zero-order valence-corrected chi connectivity index (χ0v) is 12.0. The molecular weight excluding hydrogens is 272 g/mol. The number of carbonyl (C=O) groups is 1. The molecule has 1 N–H and O–H groups in total. The molecule has 0 radical (unpaired) electrons. The number of nitrogens with zero attached hydrogens (tertiary/aromatic N) is 1. The summed E-state index contributed by atoms with van der Waals surface area (Å²) in [6, 6.07) is 6.75. The van der Waals surface area contributed by atoms with Gasteiger partial charge in [0.2, 0.25) is 10.0 Å². The Balaban J connectivity index is 2.53. The highest BCUT2D eigenvalue weighted by Gasteiger charge is 2.14. The van der Waals surface area contributed by atoms with Crippen LogP contribution in [0.25, 0.3) is 0 Å². The summed E-state index contributed by atoms with van der Waals surface area (Å²) in [6.45, 7) is 0.0795. The lowest BCUT2D eigenvalue weighted by atomic mass is 10.2. The molecule has 0 aromatic heterocycles. The van der Waals surface area contributed by atoms with E-state index in [1.165, 1.54) is 14.1 Å². The summed E-state index contributed by atoms with van der Waals surface area (Å²) in [7, 11) is -0.361. The minimum absolute atomic E-state index is 0.0795. The summed E-state index contributed by atoms with van der Waals surface area (Å²) in [4.78, 5) is 12.4. The minimum Gasteiger partial charge on any atom is -0.351 e. The fraction of sp³-hybridized carbons (Fsp3) is 0.364. The maximum atomic E-state index is 11.7. The highest BCUT2D eigenvalue weighted by atomic mass is 32.2. The first-order valence-electron chi connectivity index (χ1n) is 5.30. The topological polar surface area (TPSA) is 66.5 Å². The fourth-order valence-electron chi connectivity index (χ4n) is 1.23. The Labute approximate surface area is 113 Å². The fourth-order valence-corrected chi connectivity index (χ4v) is 2.18. The van der Waals surface area contributed by atoms with Crippen LogP contribution in [0, 0.1) is 0 Å². The number of hydrogen-bond acceptors (Lipinski definition) is 4. The van der Waals surface area contributed by atoms with Crippen molar-refractivity contribution in [1.82, 2.24) is 9.62 Å². The van der Waals surface area contributed by atoms with Gasteiger partial charge in [-0.25, -0.2) is 12.7 Å². The van der Waals surface area contributed by atoms with Crippen molar-refractivity contribution in [2.45, 2.75) is 4.90 Å². The molecule has 100 valence electrons. The Morgan fingerprint density at radius 1 is 1.39 bits per heavy atom. The van der Waals surface area contributed by atoms with Gasteiger partial charge < -0.3 is 5.32 Å². The number of sulfonamides is 1. The highest BCUT2D eigenvalue weighted by Crippen LogP contribution is 2.08. The van der Waals surface area contributed by atoms with Crippen LogP contribution in [-0.2, 0) is 10.0 Å². The Morgan fingerprint density at radius 2 is 2.06 bits per heavy atom. The van der Waals surface area contributed by atoms with Gasteiger partial charge in [-0.1, -0.05) is 6.07 Å². The molecule has 0 unspecified atom stereocenters. The Kier molecular flexibility index (Phi) is 5.18. The van der Waals surface area contributed by atoms with Crippen molar-refractivity contribution in [2.75, 3.05) is 26.4 Å². The third-order valence-electron chi connectivity index (χ3n) is 2.31. The van der Waals surface area contributed by atoms with E-state index >= 15 is 0 Å². The number of amides is 1. The van der Waals surface area contributed by atoms with Gasteiger partial charge in [0.05, 0.1) is 5.75 Å². The van der Waals surface area contributed by atoms with Gasteiger partial charge in [-0.05, 0) is 18.2 Å². The number of nitrogens with one attached hydrogen (secondary N) is 1. The average Bonchev–Trinajstić information content (AvgIpc) is 2.28. The summed E-state index contributed by atoms with van der Waals surface area (Å²) < 4.78 is 24.1. The first kappa shape index (κ1) is 15.0. The van der Waals surface area contributed by atoms with Gasteiger partial charge in [-0.15, -0.1) is 12.6 Å². The van der Waals surface area contributed by atoms with Crippen LogP contribution < -0.4 is 5.32 Å². The first-order chi connectivity index (χ1) is 8.33. The van der Waals surface area contributed by atoms with E-state index in [2.05, 4.69) is 17.9 Å². The monoisotopic (exact) mass is 288 g/mol. The molecule has 1 amide bonds. The van der Waals surface area contributed by atoms with Gasteiger partial charge in [-0.3, -0.25) is 4.79 Å². The second-order valence-corrected chi connectivity index (χ2v) is 6.72. The molecule has 0 atom stereocenters. The molecule has 0 heterocycles. The summed E-state index contributed by atoms with van der Waals surface area (Å²) >= 11 is 4.13. The van der Waals surface area contributed by atoms with Crippen molar-refractivity contribution in [3.63, 3.8) is 0 Å². The lowest BCUT2D eigenvalue weighted by Gasteiger charge is -2.11. The van der Waals surface area contributed by atoms with Gasteiger partial charge in [0.25, 0.3) is 5.91 Å². The van der Waals surface area contributed by atoms with Crippen LogP contribution in [-0.4, -0.2) is 45.0 Å². The molecule has 18 heavy (non-hydrogen) atoms. The molecule has 1 aromatic carbocycles. The van der Waals surface area contributed by atoms with Crippen molar-refractivity contribution in [1.29, 1.82) is 0 Å². The molecular formula is C11H16N2O3S2. The van der Waals surface area contributed by atoms with E-state index in [0.29, 0.717) is 10.5 Å². The van der Waals surface area contributed by atoms with Crippen molar-refractivity contribution in [3.8, 4) is 0 Å². The maximum Gasteiger partial charge on any atom is 0.251 e. The number of carbonyl (C=O) groups excluding carboxylic acids is 1. The van der Waals surface area contributed by atoms with Crippen LogP contribution in [0.15, 0.2) is 29.2 Å². The Hall–Kier alpha value is -1.05. The molecule has 0 saturated carbocycles. The van der Waals surface area contributed by atoms with Crippen LogP contribution >= 0.6 is 12.6 Å². The van der Waals surface area contributed by atoms with Gasteiger partial charge in [0, 0.05) is 31.1 Å². The van der Waals surface area contributed by atoms with Crippen LogP contribution in [0.5, 0.6) is 0 Å². The summed E-state index contributed by atoms with van der Waals surface area (Å²) in [5.74, 6) is -0.424. The van der Waals surface area contributed by atoms with Crippen molar-refractivity contribution in [3.05, 3.63) is 29.8 Å². The molecule has 0 spiro atoms. The lowest BCUT2D eigenvalue weighted by Crippen LogP contribution is -2.33. The zero-order chi connectivity index (χ0) is 13.8. The standard InChI is InChI=1S/C11H16N2O3S2/c1-13(2)18(15,16)7-6-12-11(14)9-4-3-5-10(17)8-9/h3-5,8,17H,6-7H2,1-2H3,(H,12,14). The van der Waals surface area contributed by atoms with Gasteiger partial charge in [0.1, 0.15) is 0 Å². The normalized spacial score (nSPS) is 11.6. The van der Waals surface area contributed by atoms with Crippen LogP contribution in [0.2, 0.25) is 0 Å². The maximum absolute atomic E-state index is 11.7. The summed E-state index contributed by atoms with van der Waals surface area (Å²) in [5, 5.41) is 2.56. The third-order valence-corrected chi connectivity index (χ3v) is 4.42. The van der Waals surface area contributed by atoms with E-state index in [9.17, 15) is 13.2 Å². The third kappa shape index (κ3) is 4.32. The van der Waals surface area contributed by atoms with Crippen molar-refractivity contribution >= 4 is 28.6 Å². The van der Waals surface area contributed by atoms with Crippen molar-refractivity contribution < 1.29 is 13.2 Å². The number of hydrogen-bond donors (Lipinski definition) is 2. The van der Waals surface area contributed by atoms with E-state index in [1.54, 1.807) is 24.3 Å². The molecule has 7 heteroatoms. The van der Waals surface area contributed by atoms with Crippen LogP contribution in [0.4, 0.5) is 0 Å². The number of benzene rings is 1. The SMILES string of the molecule is CN(C)S(=O)(=O)CCNC(=O)c1cccc(S)c1. The predicted octanol–water partition coefficient (Wildman–Crippen LogP) is 0.597. The molecule has 1 aromatic rings. The van der Waals surface area contributed by atoms with Gasteiger partial charge in [0.15, 0.2) is 0 Å². The molecule has 0 bridgehead atoms. The van der Waals surface area contributed by atoms with Crippen LogP contribution in [0.1, 0.15) is 10.4 Å². The zero-order valence-electron chi connectivity index (χ0n) is 10.3. The molecule has 0 saturated heterocycles. The smallest absolute Gasteiger partial charge is 0.251 e. The Morgan fingerprint density at radius 3 is 2.61 bits per heavy atom. The van der Waals surface area contributed by atoms with E-state index in [1.807, 2.05) is 0 Å². The predicted molar refractivity (Wildman–Crippen MR) is 73.5 cm³/mol. The summed E-state index contributed by atoms with van der Waals surface area (Å²) in [5.41, 5.74) is 0.463. The molecule has 0 aliphatic heterocycles. The second-order valence-electron chi connectivity index (χ2n) is 3.90. The second kappa shape index (κ2) is 6.21. The minimum atomic E-state index is -3.28. The van der Waals surface area contributed by atoms with E-state index in [4.69, 9.17) is 0 Å². The van der Waals surface area contributed by atoms with E-state index < -0.39 is 10.0 Å². The van der Waals surface area contributed by atoms with Crippen molar-refractivity contribution in [2.24, 2.45) is 0 Å². The molecule has 0 aliphatic carbocycles. The highest BCUT2D eigenvalue weighted by molar-refractivity contribution is 7.89. The molecule has 0 fully saturated rings. The van der Waals surface area contributed by atoms with E-state index in [-0.39, 0.29) is 18.2 Å². The van der Waals surface area contributed by atoms with Gasteiger partial charge in [-0.2, -0.15) is 0 Å². The first-order valence-corrected chi connectivity index (χ1v) is 7.36.